The van der Waals surface area contributed by atoms with E-state index >= 15 is 0 Å². The maximum atomic E-state index is 11.0. The van der Waals surface area contributed by atoms with Crippen molar-refractivity contribution in [3.63, 3.8) is 0 Å². The second-order valence-corrected chi connectivity index (χ2v) is 4.53. The molecule has 4 nitrogen and oxygen atoms in total. The number of amides is 1. The SMILES string of the molecule is CC(C)N(CC(O)c1ccc(Cl)cc1)C(=O)O. The number of nitrogens with zero attached hydrogens (tertiary/aromatic N) is 1. The fourth-order valence-corrected chi connectivity index (χ4v) is 1.61. The molecule has 0 aliphatic heterocycles. The third-order valence-corrected chi connectivity index (χ3v) is 2.75. The molecule has 0 aliphatic rings. The molecule has 1 aromatic carbocycles. The van der Waals surface area contributed by atoms with Gasteiger partial charge in [-0.25, -0.2) is 4.79 Å². The lowest BCUT2D eigenvalue weighted by Gasteiger charge is -2.26. The smallest absolute Gasteiger partial charge is 0.407 e. The standard InChI is InChI=1S/C12H16ClNO3/c1-8(2)14(12(16)17)7-11(15)9-3-5-10(13)6-4-9/h3-6,8,11,15H,7H2,1-2H3,(H,16,17). The molecular formula is C12H16ClNO3. The number of halogens is 1. The fourth-order valence-electron chi connectivity index (χ4n) is 1.49. The van der Waals surface area contributed by atoms with Crippen LogP contribution in [-0.2, 0) is 0 Å². The van der Waals surface area contributed by atoms with Crippen LogP contribution in [0, 0.1) is 0 Å². The maximum Gasteiger partial charge on any atom is 0.407 e. The molecule has 5 heteroatoms. The molecule has 1 atom stereocenters. The molecule has 1 amide bonds. The summed E-state index contributed by atoms with van der Waals surface area (Å²) in [7, 11) is 0. The Morgan fingerprint density at radius 1 is 1.35 bits per heavy atom. The average Bonchev–Trinajstić information content (AvgIpc) is 2.25. The van der Waals surface area contributed by atoms with Crippen LogP contribution >= 0.6 is 11.6 Å². The highest BCUT2D eigenvalue weighted by Gasteiger charge is 2.20. The third kappa shape index (κ3) is 3.91. The van der Waals surface area contributed by atoms with Gasteiger partial charge in [0.25, 0.3) is 0 Å². The van der Waals surface area contributed by atoms with Crippen LogP contribution in [-0.4, -0.2) is 33.8 Å². The van der Waals surface area contributed by atoms with E-state index in [9.17, 15) is 9.90 Å². The van der Waals surface area contributed by atoms with Crippen molar-refractivity contribution >= 4 is 17.7 Å². The second-order valence-electron chi connectivity index (χ2n) is 4.10. The first-order valence-corrected chi connectivity index (χ1v) is 5.72. The van der Waals surface area contributed by atoms with Crippen LogP contribution in [0.25, 0.3) is 0 Å². The lowest BCUT2D eigenvalue weighted by atomic mass is 10.1. The highest BCUT2D eigenvalue weighted by atomic mass is 35.5. The van der Waals surface area contributed by atoms with Gasteiger partial charge in [0.05, 0.1) is 12.6 Å². The van der Waals surface area contributed by atoms with Gasteiger partial charge in [-0.15, -0.1) is 0 Å². The summed E-state index contributed by atoms with van der Waals surface area (Å²) in [5, 5.41) is 19.5. The van der Waals surface area contributed by atoms with Crippen molar-refractivity contribution in [3.05, 3.63) is 34.9 Å². The Morgan fingerprint density at radius 3 is 2.29 bits per heavy atom. The Kier molecular flexibility index (Phi) is 4.78. The molecule has 0 radical (unpaired) electrons. The summed E-state index contributed by atoms with van der Waals surface area (Å²) < 4.78 is 0. The third-order valence-electron chi connectivity index (χ3n) is 2.49. The highest BCUT2D eigenvalue weighted by Crippen LogP contribution is 2.18. The molecule has 0 heterocycles. The van der Waals surface area contributed by atoms with Crippen LogP contribution in [0.1, 0.15) is 25.5 Å². The Morgan fingerprint density at radius 2 is 1.88 bits per heavy atom. The van der Waals surface area contributed by atoms with Crippen molar-refractivity contribution in [3.8, 4) is 0 Å². The van der Waals surface area contributed by atoms with Gasteiger partial charge >= 0.3 is 6.09 Å². The van der Waals surface area contributed by atoms with Gasteiger partial charge in [-0.1, -0.05) is 23.7 Å². The van der Waals surface area contributed by atoms with Gasteiger partial charge in [-0.2, -0.15) is 0 Å². The van der Waals surface area contributed by atoms with Crippen LogP contribution in [0.3, 0.4) is 0 Å². The monoisotopic (exact) mass is 257 g/mol. The summed E-state index contributed by atoms with van der Waals surface area (Å²) in [6, 6.07) is 6.54. The topological polar surface area (TPSA) is 60.8 Å². The van der Waals surface area contributed by atoms with Gasteiger partial charge in [-0.3, -0.25) is 0 Å². The number of carboxylic acid groups (broad SMARTS) is 1. The molecular weight excluding hydrogens is 242 g/mol. The molecule has 2 N–H and O–H groups in total. The summed E-state index contributed by atoms with van der Waals surface area (Å²) in [4.78, 5) is 12.1. The van der Waals surface area contributed by atoms with E-state index in [4.69, 9.17) is 16.7 Å². The summed E-state index contributed by atoms with van der Waals surface area (Å²) in [5.74, 6) is 0. The van der Waals surface area contributed by atoms with Gasteiger partial charge in [0, 0.05) is 11.1 Å². The van der Waals surface area contributed by atoms with Gasteiger partial charge < -0.3 is 15.1 Å². The highest BCUT2D eigenvalue weighted by molar-refractivity contribution is 6.30. The van der Waals surface area contributed by atoms with E-state index in [1.165, 1.54) is 4.90 Å². The molecule has 0 fully saturated rings. The predicted molar refractivity (Wildman–Crippen MR) is 66.3 cm³/mol. The molecule has 1 aromatic rings. The van der Waals surface area contributed by atoms with Crippen LogP contribution in [0.15, 0.2) is 24.3 Å². The quantitative estimate of drug-likeness (QED) is 0.872. The minimum absolute atomic E-state index is 0.0502. The molecule has 0 saturated heterocycles. The Bertz CT molecular complexity index is 378. The number of rotatable bonds is 4. The molecule has 0 aromatic heterocycles. The zero-order valence-electron chi connectivity index (χ0n) is 9.80. The zero-order chi connectivity index (χ0) is 13.0. The summed E-state index contributed by atoms with van der Waals surface area (Å²) in [5.41, 5.74) is 0.654. The van der Waals surface area contributed by atoms with Crippen LogP contribution in [0.4, 0.5) is 4.79 Å². The van der Waals surface area contributed by atoms with Crippen LogP contribution in [0.2, 0.25) is 5.02 Å². The Hall–Kier alpha value is -1.26. The first kappa shape index (κ1) is 13.8. The number of hydrogen-bond donors (Lipinski definition) is 2. The van der Waals surface area contributed by atoms with Crippen molar-refractivity contribution in [2.45, 2.75) is 26.0 Å². The first-order chi connectivity index (χ1) is 7.91. The Labute approximate surface area is 105 Å². The molecule has 0 bridgehead atoms. The van der Waals surface area contributed by atoms with E-state index in [-0.39, 0.29) is 12.6 Å². The molecule has 17 heavy (non-hydrogen) atoms. The van der Waals surface area contributed by atoms with Gasteiger partial charge in [0.1, 0.15) is 0 Å². The van der Waals surface area contributed by atoms with Crippen molar-refractivity contribution in [1.82, 2.24) is 4.90 Å². The number of hydrogen-bond acceptors (Lipinski definition) is 2. The summed E-state index contributed by atoms with van der Waals surface area (Å²) >= 11 is 5.74. The van der Waals surface area contributed by atoms with Crippen LogP contribution in [0.5, 0.6) is 0 Å². The van der Waals surface area contributed by atoms with E-state index < -0.39 is 12.2 Å². The summed E-state index contributed by atoms with van der Waals surface area (Å²) in [6.07, 6.45) is -1.88. The van der Waals surface area contributed by atoms with Crippen molar-refractivity contribution < 1.29 is 15.0 Å². The molecule has 1 unspecified atom stereocenters. The molecule has 0 spiro atoms. The van der Waals surface area contributed by atoms with E-state index in [0.29, 0.717) is 10.6 Å². The Balaban J connectivity index is 2.73. The molecule has 0 aliphatic carbocycles. The average molecular weight is 258 g/mol. The number of aliphatic hydroxyl groups excluding tert-OH is 1. The zero-order valence-corrected chi connectivity index (χ0v) is 10.6. The lowest BCUT2D eigenvalue weighted by molar-refractivity contribution is 0.0834. The van der Waals surface area contributed by atoms with Crippen LogP contribution < -0.4 is 0 Å². The summed E-state index contributed by atoms with van der Waals surface area (Å²) in [6.45, 7) is 3.58. The normalized spacial score (nSPS) is 12.5. The van der Waals surface area contributed by atoms with E-state index in [1.807, 2.05) is 0 Å². The number of benzene rings is 1. The van der Waals surface area contributed by atoms with E-state index in [1.54, 1.807) is 38.1 Å². The first-order valence-electron chi connectivity index (χ1n) is 5.35. The largest absolute Gasteiger partial charge is 0.465 e. The van der Waals surface area contributed by atoms with Crippen molar-refractivity contribution in [2.75, 3.05) is 6.54 Å². The predicted octanol–water partition coefficient (Wildman–Crippen LogP) is 2.76. The fraction of sp³-hybridized carbons (Fsp3) is 0.417. The van der Waals surface area contributed by atoms with Gasteiger partial charge in [0.2, 0.25) is 0 Å². The second kappa shape index (κ2) is 5.89. The lowest BCUT2D eigenvalue weighted by Crippen LogP contribution is -2.38. The van der Waals surface area contributed by atoms with E-state index in [0.717, 1.165) is 0 Å². The minimum Gasteiger partial charge on any atom is -0.465 e. The molecule has 0 saturated carbocycles. The minimum atomic E-state index is -1.03. The number of aliphatic hydroxyl groups is 1. The van der Waals surface area contributed by atoms with Gasteiger partial charge in [-0.05, 0) is 31.5 Å². The maximum absolute atomic E-state index is 11.0. The molecule has 1 rings (SSSR count). The van der Waals surface area contributed by atoms with Crippen molar-refractivity contribution in [1.29, 1.82) is 0 Å². The van der Waals surface area contributed by atoms with Gasteiger partial charge in [0.15, 0.2) is 0 Å². The number of carbonyl (C=O) groups is 1. The van der Waals surface area contributed by atoms with E-state index in [2.05, 4.69) is 0 Å². The molecule has 94 valence electrons. The van der Waals surface area contributed by atoms with Crippen molar-refractivity contribution in [2.24, 2.45) is 0 Å².